The van der Waals surface area contributed by atoms with E-state index in [-0.39, 0.29) is 40.3 Å². The number of carbonyl (C=O) groups excluding carboxylic acids is 1. The molecule has 0 aliphatic carbocycles. The summed E-state index contributed by atoms with van der Waals surface area (Å²) in [6.45, 7) is 5.11. The molecule has 1 atom stereocenters. The van der Waals surface area contributed by atoms with Gasteiger partial charge < -0.3 is 15.4 Å². The van der Waals surface area contributed by atoms with Crippen LogP contribution in [0, 0.1) is 11.3 Å². The van der Waals surface area contributed by atoms with Gasteiger partial charge in [-0.15, -0.1) is 0 Å². The van der Waals surface area contributed by atoms with Crippen molar-refractivity contribution in [3.05, 3.63) is 70.4 Å². The molecule has 0 bridgehead atoms. The molecule has 8 nitrogen and oxygen atoms in total. The first-order chi connectivity index (χ1) is 16.3. The lowest BCUT2D eigenvalue weighted by Gasteiger charge is -2.26. The zero-order valence-corrected chi connectivity index (χ0v) is 20.6. The molecule has 1 saturated heterocycles. The number of aryl methyl sites for hydroxylation is 1. The minimum absolute atomic E-state index is 0.0572. The topological polar surface area (TPSA) is 112 Å². The summed E-state index contributed by atoms with van der Waals surface area (Å²) >= 11 is 6.22. The Hall–Kier alpha value is -2.90. The minimum Gasteiger partial charge on any atom is -0.379 e. The quantitative estimate of drug-likeness (QED) is 0.421. The smallest absolute Gasteiger partial charge is 0.263 e. The van der Waals surface area contributed by atoms with Crippen molar-refractivity contribution in [1.82, 2.24) is 9.62 Å². The molecule has 1 fully saturated rings. The van der Waals surface area contributed by atoms with Crippen LogP contribution in [0.25, 0.3) is 0 Å². The van der Waals surface area contributed by atoms with Crippen molar-refractivity contribution in [2.45, 2.75) is 31.2 Å². The number of benzene rings is 2. The van der Waals surface area contributed by atoms with Crippen LogP contribution in [0.1, 0.15) is 31.0 Å². The summed E-state index contributed by atoms with van der Waals surface area (Å²) < 4.78 is 32.4. The highest BCUT2D eigenvalue weighted by molar-refractivity contribution is 7.89. The fourth-order valence-corrected chi connectivity index (χ4v) is 5.02. The van der Waals surface area contributed by atoms with Crippen molar-refractivity contribution >= 4 is 33.2 Å². The van der Waals surface area contributed by atoms with Gasteiger partial charge in [0.2, 0.25) is 10.0 Å². The Morgan fingerprint density at radius 3 is 2.53 bits per heavy atom. The molecule has 0 radical (unpaired) electrons. The van der Waals surface area contributed by atoms with Crippen LogP contribution >= 0.6 is 11.6 Å². The molecule has 1 unspecified atom stereocenters. The molecule has 34 heavy (non-hydrogen) atoms. The second-order valence-corrected chi connectivity index (χ2v) is 10.1. The van der Waals surface area contributed by atoms with E-state index in [1.54, 1.807) is 0 Å². The standard InChI is InChI=1S/C24H27ClN4O4S/c1-3-18-4-6-19(7-5-18)17(2)28-24(30)20(15-26)16-27-23-14-21(8-9-22(23)25)34(31,32)29-10-12-33-13-11-29/h4-9,14,16-17,27H,3,10-13H2,1-2H3,(H,28,30)/b20-16-. The third kappa shape index (κ3) is 6.15. The van der Waals surface area contributed by atoms with E-state index < -0.39 is 15.9 Å². The number of nitrogens with one attached hydrogen (secondary N) is 2. The third-order valence-electron chi connectivity index (χ3n) is 5.52. The number of morpholine rings is 1. The molecule has 0 spiro atoms. The molecule has 180 valence electrons. The van der Waals surface area contributed by atoms with E-state index in [1.165, 1.54) is 34.3 Å². The maximum Gasteiger partial charge on any atom is 0.263 e. The van der Waals surface area contributed by atoms with Crippen molar-refractivity contribution in [3.8, 4) is 6.07 Å². The number of nitrogens with zero attached hydrogens (tertiary/aromatic N) is 2. The zero-order chi connectivity index (χ0) is 24.7. The van der Waals surface area contributed by atoms with Gasteiger partial charge in [-0.05, 0) is 42.7 Å². The zero-order valence-electron chi connectivity index (χ0n) is 19.0. The Morgan fingerprint density at radius 1 is 1.24 bits per heavy atom. The van der Waals surface area contributed by atoms with Crippen molar-refractivity contribution in [1.29, 1.82) is 5.26 Å². The van der Waals surface area contributed by atoms with Gasteiger partial charge in [-0.2, -0.15) is 9.57 Å². The maximum atomic E-state index is 12.9. The highest BCUT2D eigenvalue weighted by Gasteiger charge is 2.27. The molecule has 1 aliphatic heterocycles. The van der Waals surface area contributed by atoms with Crippen LogP contribution in [0.2, 0.25) is 5.02 Å². The van der Waals surface area contributed by atoms with Crippen molar-refractivity contribution in [2.75, 3.05) is 31.6 Å². The van der Waals surface area contributed by atoms with E-state index in [1.807, 2.05) is 37.3 Å². The number of amides is 1. The van der Waals surface area contributed by atoms with Crippen LogP contribution in [0.4, 0.5) is 5.69 Å². The summed E-state index contributed by atoms with van der Waals surface area (Å²) in [6.07, 6.45) is 2.14. The second kappa shape index (κ2) is 11.5. The van der Waals surface area contributed by atoms with E-state index >= 15 is 0 Å². The second-order valence-electron chi connectivity index (χ2n) is 7.76. The highest BCUT2D eigenvalue weighted by Crippen LogP contribution is 2.27. The summed E-state index contributed by atoms with van der Waals surface area (Å²) in [6, 6.07) is 13.7. The van der Waals surface area contributed by atoms with Gasteiger partial charge >= 0.3 is 0 Å². The summed E-state index contributed by atoms with van der Waals surface area (Å²) in [5, 5.41) is 15.3. The van der Waals surface area contributed by atoms with E-state index in [4.69, 9.17) is 16.3 Å². The van der Waals surface area contributed by atoms with Gasteiger partial charge in [-0.1, -0.05) is 42.8 Å². The molecule has 10 heteroatoms. The number of hydrogen-bond donors (Lipinski definition) is 2. The van der Waals surface area contributed by atoms with Gasteiger partial charge in [0.05, 0.1) is 34.9 Å². The number of ether oxygens (including phenoxy) is 1. The molecule has 3 rings (SSSR count). The first kappa shape index (κ1) is 25.7. The van der Waals surface area contributed by atoms with Gasteiger partial charge in [-0.25, -0.2) is 8.42 Å². The van der Waals surface area contributed by atoms with Crippen LogP contribution in [0.3, 0.4) is 0 Å². The molecule has 1 amide bonds. The fourth-order valence-electron chi connectivity index (χ4n) is 3.41. The van der Waals surface area contributed by atoms with Crippen LogP contribution in [0.5, 0.6) is 0 Å². The van der Waals surface area contributed by atoms with E-state index in [9.17, 15) is 18.5 Å². The number of rotatable bonds is 8. The first-order valence-corrected chi connectivity index (χ1v) is 12.7. The van der Waals surface area contributed by atoms with Crippen LogP contribution in [0.15, 0.2) is 59.1 Å². The van der Waals surface area contributed by atoms with Crippen LogP contribution in [-0.4, -0.2) is 44.9 Å². The summed E-state index contributed by atoms with van der Waals surface area (Å²) in [5.74, 6) is -0.560. The fraction of sp³-hybridized carbons (Fsp3) is 0.333. The average Bonchev–Trinajstić information content (AvgIpc) is 2.85. The van der Waals surface area contributed by atoms with Crippen molar-refractivity contribution in [2.24, 2.45) is 0 Å². The van der Waals surface area contributed by atoms with Crippen molar-refractivity contribution in [3.63, 3.8) is 0 Å². The Labute approximate surface area is 205 Å². The SMILES string of the molecule is CCc1ccc(C(C)NC(=O)/C(C#N)=C\Nc2cc(S(=O)(=O)N3CCOCC3)ccc2Cl)cc1. The minimum atomic E-state index is -3.72. The molecular weight excluding hydrogens is 476 g/mol. The number of anilines is 1. The summed E-state index contributed by atoms with van der Waals surface area (Å²) in [4.78, 5) is 12.7. The highest BCUT2D eigenvalue weighted by atomic mass is 35.5. The lowest BCUT2D eigenvalue weighted by Crippen LogP contribution is -2.40. The van der Waals surface area contributed by atoms with Gasteiger partial charge in [0, 0.05) is 19.3 Å². The van der Waals surface area contributed by atoms with Gasteiger partial charge in [0.25, 0.3) is 5.91 Å². The number of carbonyl (C=O) groups is 1. The molecule has 2 aromatic carbocycles. The Balaban J connectivity index is 1.73. The van der Waals surface area contributed by atoms with E-state index in [0.717, 1.165) is 12.0 Å². The predicted molar refractivity (Wildman–Crippen MR) is 131 cm³/mol. The number of sulfonamides is 1. The Bertz CT molecular complexity index is 1200. The molecule has 1 aliphatic rings. The van der Waals surface area contributed by atoms with Crippen molar-refractivity contribution < 1.29 is 17.9 Å². The van der Waals surface area contributed by atoms with Gasteiger partial charge in [-0.3, -0.25) is 4.79 Å². The van der Waals surface area contributed by atoms with Gasteiger partial charge in [0.1, 0.15) is 11.6 Å². The normalized spacial score (nSPS) is 15.9. The average molecular weight is 503 g/mol. The molecule has 0 aromatic heterocycles. The van der Waals surface area contributed by atoms with E-state index in [2.05, 4.69) is 17.6 Å². The number of nitriles is 1. The largest absolute Gasteiger partial charge is 0.379 e. The Kier molecular flexibility index (Phi) is 8.69. The first-order valence-electron chi connectivity index (χ1n) is 10.9. The van der Waals surface area contributed by atoms with Crippen LogP contribution in [-0.2, 0) is 26.0 Å². The predicted octanol–water partition coefficient (Wildman–Crippen LogP) is 3.62. The number of hydrogen-bond acceptors (Lipinski definition) is 6. The monoisotopic (exact) mass is 502 g/mol. The van der Waals surface area contributed by atoms with Crippen LogP contribution < -0.4 is 10.6 Å². The summed E-state index contributed by atoms with van der Waals surface area (Å²) in [5.41, 5.74) is 2.20. The molecule has 1 heterocycles. The van der Waals surface area contributed by atoms with E-state index in [0.29, 0.717) is 13.2 Å². The molecule has 2 aromatic rings. The number of halogens is 1. The molecule has 2 N–H and O–H groups in total. The lowest BCUT2D eigenvalue weighted by molar-refractivity contribution is -0.117. The lowest BCUT2D eigenvalue weighted by atomic mass is 10.0. The van der Waals surface area contributed by atoms with Gasteiger partial charge in [0.15, 0.2) is 0 Å². The summed E-state index contributed by atoms with van der Waals surface area (Å²) in [7, 11) is -3.72. The third-order valence-corrected chi connectivity index (χ3v) is 7.74. The maximum absolute atomic E-state index is 12.9. The Morgan fingerprint density at radius 2 is 1.91 bits per heavy atom. The molecule has 0 saturated carbocycles. The molecular formula is C24H27ClN4O4S.